The van der Waals surface area contributed by atoms with Crippen molar-refractivity contribution in [3.63, 3.8) is 0 Å². The first-order valence-electron chi connectivity index (χ1n) is 7.99. The van der Waals surface area contributed by atoms with Gasteiger partial charge in [0.1, 0.15) is 0 Å². The molecule has 3 heterocycles. The number of rotatable bonds is 3. The average Bonchev–Trinajstić information content (AvgIpc) is 2.63. The summed E-state index contributed by atoms with van der Waals surface area (Å²) in [7, 11) is 6.70. The van der Waals surface area contributed by atoms with Crippen molar-refractivity contribution in [3.8, 4) is 0 Å². The molecule has 110 valence electrons. The zero-order chi connectivity index (χ0) is 13.4. The standard InChI is InChI=1S/C15H30N4/c1-16-12-8-13-4-5-14(9-12)19(13)11-15-10-17(2)6-7-18(15)3/h12-16H,4-11H2,1-3H3. The SMILES string of the molecule is CNC1CC2CCC(C1)N2CC1CN(C)CCN1C. The van der Waals surface area contributed by atoms with Gasteiger partial charge in [-0.05, 0) is 46.8 Å². The summed E-state index contributed by atoms with van der Waals surface area (Å²) in [5.41, 5.74) is 0. The van der Waals surface area contributed by atoms with E-state index in [0.29, 0.717) is 0 Å². The van der Waals surface area contributed by atoms with Gasteiger partial charge in [-0.25, -0.2) is 0 Å². The second kappa shape index (κ2) is 5.68. The van der Waals surface area contributed by atoms with E-state index in [1.54, 1.807) is 0 Å². The molecule has 3 unspecified atom stereocenters. The fourth-order valence-electron chi connectivity index (χ4n) is 4.35. The summed E-state index contributed by atoms with van der Waals surface area (Å²) in [6.07, 6.45) is 5.57. The lowest BCUT2D eigenvalue weighted by molar-refractivity contribution is 0.0444. The zero-order valence-electron chi connectivity index (χ0n) is 12.8. The van der Waals surface area contributed by atoms with Gasteiger partial charge in [-0.15, -0.1) is 0 Å². The molecule has 2 bridgehead atoms. The maximum Gasteiger partial charge on any atom is 0.0348 e. The molecule has 0 spiro atoms. The van der Waals surface area contributed by atoms with E-state index in [-0.39, 0.29) is 0 Å². The van der Waals surface area contributed by atoms with E-state index in [0.717, 1.165) is 24.2 Å². The summed E-state index contributed by atoms with van der Waals surface area (Å²) < 4.78 is 0. The molecule has 0 aliphatic carbocycles. The molecule has 4 heteroatoms. The Morgan fingerprint density at radius 2 is 1.74 bits per heavy atom. The highest BCUT2D eigenvalue weighted by molar-refractivity contribution is 4.99. The summed E-state index contributed by atoms with van der Waals surface area (Å²) >= 11 is 0. The summed E-state index contributed by atoms with van der Waals surface area (Å²) in [5.74, 6) is 0. The molecule has 0 amide bonds. The predicted octanol–water partition coefficient (Wildman–Crippen LogP) is 0.447. The second-order valence-electron chi connectivity index (χ2n) is 6.94. The number of hydrogen-bond donors (Lipinski definition) is 1. The van der Waals surface area contributed by atoms with Crippen LogP contribution in [0.2, 0.25) is 0 Å². The second-order valence-corrected chi connectivity index (χ2v) is 6.94. The summed E-state index contributed by atoms with van der Waals surface area (Å²) in [5, 5.41) is 3.50. The topological polar surface area (TPSA) is 21.8 Å². The number of nitrogens with zero attached hydrogens (tertiary/aromatic N) is 3. The molecule has 0 radical (unpaired) electrons. The van der Waals surface area contributed by atoms with E-state index in [1.165, 1.54) is 51.9 Å². The summed E-state index contributed by atoms with van der Waals surface area (Å²) in [6, 6.07) is 3.18. The molecule has 1 N–H and O–H groups in total. The third-order valence-electron chi connectivity index (χ3n) is 5.69. The highest BCUT2D eigenvalue weighted by Gasteiger charge is 2.41. The van der Waals surface area contributed by atoms with Gasteiger partial charge in [0.15, 0.2) is 0 Å². The predicted molar refractivity (Wildman–Crippen MR) is 79.5 cm³/mol. The van der Waals surface area contributed by atoms with Crippen molar-refractivity contribution >= 4 is 0 Å². The molecular formula is C15H30N4. The number of fused-ring (bicyclic) bond motifs is 2. The number of piperazine rings is 1. The molecule has 3 aliphatic heterocycles. The molecule has 0 saturated carbocycles. The van der Waals surface area contributed by atoms with Crippen molar-refractivity contribution in [3.05, 3.63) is 0 Å². The Bertz CT molecular complexity index is 295. The minimum Gasteiger partial charge on any atom is -0.317 e. The van der Waals surface area contributed by atoms with E-state index in [9.17, 15) is 0 Å². The van der Waals surface area contributed by atoms with Crippen LogP contribution in [0, 0.1) is 0 Å². The number of likely N-dealkylation sites (N-methyl/N-ethyl adjacent to an activating group) is 2. The van der Waals surface area contributed by atoms with Crippen LogP contribution in [0.15, 0.2) is 0 Å². The van der Waals surface area contributed by atoms with Crippen LogP contribution in [0.5, 0.6) is 0 Å². The molecule has 3 aliphatic rings. The molecule has 19 heavy (non-hydrogen) atoms. The van der Waals surface area contributed by atoms with Crippen molar-refractivity contribution in [1.82, 2.24) is 20.0 Å². The lowest BCUT2D eigenvalue weighted by atomic mass is 9.96. The lowest BCUT2D eigenvalue weighted by Gasteiger charge is -2.45. The van der Waals surface area contributed by atoms with Crippen molar-refractivity contribution in [2.24, 2.45) is 0 Å². The Balaban J connectivity index is 1.61. The third-order valence-corrected chi connectivity index (χ3v) is 5.69. The van der Waals surface area contributed by atoms with Crippen LogP contribution in [0.25, 0.3) is 0 Å². The fraction of sp³-hybridized carbons (Fsp3) is 1.00. The van der Waals surface area contributed by atoms with Gasteiger partial charge < -0.3 is 10.2 Å². The van der Waals surface area contributed by atoms with Gasteiger partial charge in [0.25, 0.3) is 0 Å². The third kappa shape index (κ3) is 2.82. The molecular weight excluding hydrogens is 236 g/mol. The van der Waals surface area contributed by atoms with E-state index in [2.05, 4.69) is 41.2 Å². The molecule has 4 nitrogen and oxygen atoms in total. The summed E-state index contributed by atoms with van der Waals surface area (Å²) in [4.78, 5) is 7.91. The Kier molecular flexibility index (Phi) is 4.13. The molecule has 0 aromatic rings. The van der Waals surface area contributed by atoms with Gasteiger partial charge in [0.05, 0.1) is 0 Å². The normalized spacial score (nSPS) is 41.8. The van der Waals surface area contributed by atoms with Crippen molar-refractivity contribution in [1.29, 1.82) is 0 Å². The van der Waals surface area contributed by atoms with Gasteiger partial charge >= 0.3 is 0 Å². The van der Waals surface area contributed by atoms with E-state index >= 15 is 0 Å². The van der Waals surface area contributed by atoms with Crippen LogP contribution in [-0.2, 0) is 0 Å². The minimum absolute atomic E-state index is 0.730. The van der Waals surface area contributed by atoms with E-state index in [1.807, 2.05) is 0 Å². The number of piperidine rings is 1. The van der Waals surface area contributed by atoms with E-state index < -0.39 is 0 Å². The monoisotopic (exact) mass is 266 g/mol. The van der Waals surface area contributed by atoms with Gasteiger partial charge in [0.2, 0.25) is 0 Å². The molecule has 3 rings (SSSR count). The minimum atomic E-state index is 0.730. The highest BCUT2D eigenvalue weighted by atomic mass is 15.3. The van der Waals surface area contributed by atoms with Gasteiger partial charge in [-0.1, -0.05) is 0 Å². The highest BCUT2D eigenvalue weighted by Crippen LogP contribution is 2.36. The van der Waals surface area contributed by atoms with Crippen LogP contribution in [0.3, 0.4) is 0 Å². The quantitative estimate of drug-likeness (QED) is 0.800. The number of nitrogens with one attached hydrogen (secondary N) is 1. The molecule has 0 aromatic carbocycles. The van der Waals surface area contributed by atoms with Crippen molar-refractivity contribution in [2.75, 3.05) is 47.3 Å². The Labute approximate surface area is 118 Å². The van der Waals surface area contributed by atoms with Gasteiger partial charge in [-0.3, -0.25) is 9.80 Å². The largest absolute Gasteiger partial charge is 0.317 e. The Hall–Kier alpha value is -0.160. The van der Waals surface area contributed by atoms with Crippen LogP contribution < -0.4 is 5.32 Å². The number of hydrogen-bond acceptors (Lipinski definition) is 4. The van der Waals surface area contributed by atoms with Gasteiger partial charge in [-0.2, -0.15) is 0 Å². The maximum atomic E-state index is 3.50. The van der Waals surface area contributed by atoms with Crippen molar-refractivity contribution < 1.29 is 0 Å². The van der Waals surface area contributed by atoms with Crippen molar-refractivity contribution in [2.45, 2.75) is 49.9 Å². The van der Waals surface area contributed by atoms with Gasteiger partial charge in [0, 0.05) is 50.3 Å². The first kappa shape index (κ1) is 13.8. The maximum absolute atomic E-state index is 3.50. The van der Waals surface area contributed by atoms with Crippen LogP contribution >= 0.6 is 0 Å². The molecule has 3 atom stereocenters. The molecule has 0 aromatic heterocycles. The first-order chi connectivity index (χ1) is 9.17. The van der Waals surface area contributed by atoms with E-state index in [4.69, 9.17) is 0 Å². The molecule has 3 fully saturated rings. The van der Waals surface area contributed by atoms with Crippen LogP contribution in [0.1, 0.15) is 25.7 Å². The Morgan fingerprint density at radius 3 is 2.37 bits per heavy atom. The van der Waals surface area contributed by atoms with Crippen LogP contribution in [-0.4, -0.2) is 86.2 Å². The first-order valence-corrected chi connectivity index (χ1v) is 7.99. The fourth-order valence-corrected chi connectivity index (χ4v) is 4.35. The lowest BCUT2D eigenvalue weighted by Crippen LogP contribution is -2.58. The smallest absolute Gasteiger partial charge is 0.0348 e. The van der Waals surface area contributed by atoms with Crippen LogP contribution in [0.4, 0.5) is 0 Å². The Morgan fingerprint density at radius 1 is 1.05 bits per heavy atom. The average molecular weight is 266 g/mol. The zero-order valence-corrected chi connectivity index (χ0v) is 12.8. The summed E-state index contributed by atoms with van der Waals surface area (Å²) in [6.45, 7) is 4.97. The molecule has 3 saturated heterocycles.